The van der Waals surface area contributed by atoms with Crippen LogP contribution in [0.3, 0.4) is 0 Å². The minimum atomic E-state index is -0.454. The number of ether oxygens (including phenoxy) is 1. The Morgan fingerprint density at radius 3 is 2.53 bits per heavy atom. The predicted molar refractivity (Wildman–Crippen MR) is 68.4 cm³/mol. The normalized spacial score (nSPS) is 9.82. The molecule has 0 atom stereocenters. The molecule has 1 N–H and O–H groups in total. The SMILES string of the molecule is CCOC(=O)Nc1ccc(N(CC)CC)nc1. The average molecular weight is 237 g/mol. The van der Waals surface area contributed by atoms with Crippen LogP contribution in [0.15, 0.2) is 18.3 Å². The number of carbonyl (C=O) groups is 1. The maximum atomic E-state index is 11.2. The highest BCUT2D eigenvalue weighted by Gasteiger charge is 2.05. The molecule has 0 saturated heterocycles. The van der Waals surface area contributed by atoms with Crippen molar-refractivity contribution in [3.8, 4) is 0 Å². The lowest BCUT2D eigenvalue weighted by atomic mass is 10.3. The molecule has 0 radical (unpaired) electrons. The van der Waals surface area contributed by atoms with E-state index in [0.717, 1.165) is 18.9 Å². The van der Waals surface area contributed by atoms with Crippen molar-refractivity contribution in [1.29, 1.82) is 0 Å². The second-order valence-electron chi connectivity index (χ2n) is 3.42. The lowest BCUT2D eigenvalue weighted by molar-refractivity contribution is 0.168. The lowest BCUT2D eigenvalue weighted by Gasteiger charge is -2.19. The fourth-order valence-corrected chi connectivity index (χ4v) is 1.48. The van der Waals surface area contributed by atoms with Crippen LogP contribution in [0.2, 0.25) is 0 Å². The summed E-state index contributed by atoms with van der Waals surface area (Å²) in [5.41, 5.74) is 0.638. The van der Waals surface area contributed by atoms with Gasteiger partial charge in [-0.1, -0.05) is 0 Å². The molecule has 5 nitrogen and oxygen atoms in total. The van der Waals surface area contributed by atoms with Gasteiger partial charge in [0.2, 0.25) is 0 Å². The summed E-state index contributed by atoms with van der Waals surface area (Å²) >= 11 is 0. The highest BCUT2D eigenvalue weighted by atomic mass is 16.5. The molecule has 0 aromatic carbocycles. The number of anilines is 2. The van der Waals surface area contributed by atoms with Gasteiger partial charge >= 0.3 is 6.09 Å². The molecule has 0 spiro atoms. The molecule has 1 aromatic heterocycles. The summed E-state index contributed by atoms with van der Waals surface area (Å²) in [6, 6.07) is 3.70. The zero-order chi connectivity index (χ0) is 12.7. The van der Waals surface area contributed by atoms with E-state index in [4.69, 9.17) is 4.74 Å². The molecule has 0 aliphatic carbocycles. The number of nitrogens with one attached hydrogen (secondary N) is 1. The van der Waals surface area contributed by atoms with Crippen LogP contribution in [0.1, 0.15) is 20.8 Å². The van der Waals surface area contributed by atoms with E-state index in [9.17, 15) is 4.79 Å². The van der Waals surface area contributed by atoms with Gasteiger partial charge in [0.1, 0.15) is 5.82 Å². The number of nitrogens with zero attached hydrogens (tertiary/aromatic N) is 2. The van der Waals surface area contributed by atoms with Gasteiger partial charge in [0.25, 0.3) is 0 Å². The number of hydrogen-bond donors (Lipinski definition) is 1. The molecule has 0 unspecified atom stereocenters. The first-order valence-corrected chi connectivity index (χ1v) is 5.86. The van der Waals surface area contributed by atoms with E-state index >= 15 is 0 Å². The van der Waals surface area contributed by atoms with Gasteiger partial charge in [-0.3, -0.25) is 5.32 Å². The minimum absolute atomic E-state index is 0.358. The molecule has 5 heteroatoms. The van der Waals surface area contributed by atoms with Gasteiger partial charge in [-0.2, -0.15) is 0 Å². The van der Waals surface area contributed by atoms with Crippen molar-refractivity contribution in [3.05, 3.63) is 18.3 Å². The fourth-order valence-electron chi connectivity index (χ4n) is 1.48. The first-order chi connectivity index (χ1) is 8.21. The summed E-state index contributed by atoms with van der Waals surface area (Å²) < 4.78 is 4.78. The molecule has 0 aliphatic heterocycles. The monoisotopic (exact) mass is 237 g/mol. The van der Waals surface area contributed by atoms with E-state index in [1.807, 2.05) is 12.1 Å². The number of amides is 1. The smallest absolute Gasteiger partial charge is 0.411 e. The van der Waals surface area contributed by atoms with Crippen LogP contribution in [-0.4, -0.2) is 30.8 Å². The summed E-state index contributed by atoms with van der Waals surface area (Å²) in [6.07, 6.45) is 1.18. The highest BCUT2D eigenvalue weighted by Crippen LogP contribution is 2.13. The molecular weight excluding hydrogens is 218 g/mol. The number of hydrogen-bond acceptors (Lipinski definition) is 4. The number of carbonyl (C=O) groups excluding carboxylic acids is 1. The molecule has 94 valence electrons. The van der Waals surface area contributed by atoms with E-state index in [1.165, 1.54) is 0 Å². The summed E-state index contributed by atoms with van der Waals surface area (Å²) in [4.78, 5) is 17.6. The van der Waals surface area contributed by atoms with Crippen molar-refractivity contribution in [2.75, 3.05) is 29.9 Å². The average Bonchev–Trinajstić information content (AvgIpc) is 2.33. The molecule has 1 aromatic rings. The third kappa shape index (κ3) is 3.94. The zero-order valence-corrected chi connectivity index (χ0v) is 10.6. The maximum absolute atomic E-state index is 11.2. The van der Waals surface area contributed by atoms with Crippen molar-refractivity contribution < 1.29 is 9.53 Å². The predicted octanol–water partition coefficient (Wildman–Crippen LogP) is 2.50. The van der Waals surface area contributed by atoms with Crippen LogP contribution >= 0.6 is 0 Å². The molecule has 0 saturated carbocycles. The Bertz CT molecular complexity index is 347. The molecule has 1 heterocycles. The number of rotatable bonds is 5. The molecule has 1 amide bonds. The van der Waals surface area contributed by atoms with E-state index in [1.54, 1.807) is 13.1 Å². The van der Waals surface area contributed by atoms with Gasteiger partial charge in [-0.05, 0) is 32.9 Å². The Hall–Kier alpha value is -1.78. The Balaban J connectivity index is 2.64. The second kappa shape index (κ2) is 6.73. The first-order valence-electron chi connectivity index (χ1n) is 5.86. The Morgan fingerprint density at radius 1 is 1.35 bits per heavy atom. The summed E-state index contributed by atoms with van der Waals surface area (Å²) in [5.74, 6) is 0.907. The van der Waals surface area contributed by atoms with Crippen molar-refractivity contribution >= 4 is 17.6 Å². The van der Waals surface area contributed by atoms with Gasteiger partial charge in [0.05, 0.1) is 18.5 Å². The minimum Gasteiger partial charge on any atom is -0.450 e. The first kappa shape index (κ1) is 13.3. The molecular formula is C12H19N3O2. The number of aromatic nitrogens is 1. The van der Waals surface area contributed by atoms with Crippen molar-refractivity contribution in [3.63, 3.8) is 0 Å². The summed E-state index contributed by atoms with van der Waals surface area (Å²) in [5, 5.41) is 2.60. The van der Waals surface area contributed by atoms with Crippen molar-refractivity contribution in [1.82, 2.24) is 4.98 Å². The Kier molecular flexibility index (Phi) is 5.26. The number of pyridine rings is 1. The van der Waals surface area contributed by atoms with Gasteiger partial charge in [-0.25, -0.2) is 9.78 Å². The van der Waals surface area contributed by atoms with E-state index in [0.29, 0.717) is 12.3 Å². The van der Waals surface area contributed by atoms with E-state index < -0.39 is 6.09 Å². The Morgan fingerprint density at radius 2 is 2.06 bits per heavy atom. The van der Waals surface area contributed by atoms with E-state index in [-0.39, 0.29) is 0 Å². The topological polar surface area (TPSA) is 54.5 Å². The second-order valence-corrected chi connectivity index (χ2v) is 3.42. The third-order valence-electron chi connectivity index (χ3n) is 2.36. The van der Waals surface area contributed by atoms with Gasteiger partial charge < -0.3 is 9.64 Å². The van der Waals surface area contributed by atoms with Crippen molar-refractivity contribution in [2.24, 2.45) is 0 Å². The van der Waals surface area contributed by atoms with Crippen LogP contribution < -0.4 is 10.2 Å². The Labute approximate surface area is 102 Å². The van der Waals surface area contributed by atoms with Gasteiger partial charge in [-0.15, -0.1) is 0 Å². The van der Waals surface area contributed by atoms with Crippen molar-refractivity contribution in [2.45, 2.75) is 20.8 Å². The standard InChI is InChI=1S/C12H19N3O2/c1-4-15(5-2)11-8-7-10(9-13-11)14-12(16)17-6-3/h7-9H,4-6H2,1-3H3,(H,14,16). The molecule has 1 rings (SSSR count). The van der Waals surface area contributed by atoms with Gasteiger partial charge in [0.15, 0.2) is 0 Å². The molecule has 0 aliphatic rings. The lowest BCUT2D eigenvalue weighted by Crippen LogP contribution is -2.23. The fraction of sp³-hybridized carbons (Fsp3) is 0.500. The molecule has 17 heavy (non-hydrogen) atoms. The van der Waals surface area contributed by atoms with Crippen LogP contribution in [0, 0.1) is 0 Å². The zero-order valence-electron chi connectivity index (χ0n) is 10.6. The van der Waals surface area contributed by atoms with Crippen LogP contribution in [-0.2, 0) is 4.74 Å². The van der Waals surface area contributed by atoms with Crippen LogP contribution in [0.4, 0.5) is 16.3 Å². The third-order valence-corrected chi connectivity index (χ3v) is 2.36. The van der Waals surface area contributed by atoms with Crippen LogP contribution in [0.5, 0.6) is 0 Å². The molecule has 0 fully saturated rings. The largest absolute Gasteiger partial charge is 0.450 e. The summed E-state index contributed by atoms with van der Waals surface area (Å²) in [7, 11) is 0. The quantitative estimate of drug-likeness (QED) is 0.854. The molecule has 0 bridgehead atoms. The maximum Gasteiger partial charge on any atom is 0.411 e. The summed E-state index contributed by atoms with van der Waals surface area (Å²) in [6.45, 7) is 8.10. The van der Waals surface area contributed by atoms with Gasteiger partial charge in [0, 0.05) is 13.1 Å². The highest BCUT2D eigenvalue weighted by molar-refractivity contribution is 5.84. The van der Waals surface area contributed by atoms with Crippen LogP contribution in [0.25, 0.3) is 0 Å². The van der Waals surface area contributed by atoms with E-state index in [2.05, 4.69) is 29.0 Å².